The number of hydrogen-bond acceptors (Lipinski definition) is 1. The summed E-state index contributed by atoms with van der Waals surface area (Å²) in [6, 6.07) is 11.1. The maximum Gasteiger partial charge on any atom is 0.132 e. The largest absolute Gasteiger partial charge is 0.380 e. The average Bonchev–Trinajstić information content (AvgIpc) is 2.59. The van der Waals surface area contributed by atoms with Gasteiger partial charge in [-0.2, -0.15) is 0 Å². The van der Waals surface area contributed by atoms with Crippen LogP contribution in [0.25, 0.3) is 0 Å². The molecule has 0 spiro atoms. The van der Waals surface area contributed by atoms with Crippen molar-refractivity contribution in [3.8, 4) is 0 Å². The molecule has 0 aromatic heterocycles. The standard InChI is InChI=1S/C17H16F2O/c18-14-9-5-10-15(19)16(14)17(20)11-4-3-7-12-6-1-2-8-13(12)17/h1-2,5-6,8-10,20H,3-4,7,11H2. The van der Waals surface area contributed by atoms with Crippen molar-refractivity contribution in [1.29, 1.82) is 0 Å². The molecule has 1 aliphatic carbocycles. The van der Waals surface area contributed by atoms with Crippen LogP contribution in [0.3, 0.4) is 0 Å². The third-order valence-corrected chi connectivity index (χ3v) is 4.07. The molecule has 0 fully saturated rings. The molecular weight excluding hydrogens is 258 g/mol. The Hall–Kier alpha value is -1.74. The first kappa shape index (κ1) is 13.3. The van der Waals surface area contributed by atoms with Crippen LogP contribution < -0.4 is 0 Å². The second kappa shape index (κ2) is 4.98. The lowest BCUT2D eigenvalue weighted by Crippen LogP contribution is -2.30. The van der Waals surface area contributed by atoms with Crippen molar-refractivity contribution < 1.29 is 13.9 Å². The Bertz CT molecular complexity index is 618. The van der Waals surface area contributed by atoms with Crippen molar-refractivity contribution in [2.75, 3.05) is 0 Å². The van der Waals surface area contributed by atoms with Crippen molar-refractivity contribution in [2.24, 2.45) is 0 Å². The molecule has 2 aromatic rings. The lowest BCUT2D eigenvalue weighted by molar-refractivity contribution is 0.0625. The normalized spacial score (nSPS) is 22.1. The molecule has 0 saturated heterocycles. The molecule has 20 heavy (non-hydrogen) atoms. The third-order valence-electron chi connectivity index (χ3n) is 4.07. The van der Waals surface area contributed by atoms with E-state index in [4.69, 9.17) is 0 Å². The fraction of sp³-hybridized carbons (Fsp3) is 0.294. The summed E-state index contributed by atoms with van der Waals surface area (Å²) in [4.78, 5) is 0. The minimum Gasteiger partial charge on any atom is -0.380 e. The highest BCUT2D eigenvalue weighted by molar-refractivity contribution is 5.43. The van der Waals surface area contributed by atoms with Gasteiger partial charge in [0.1, 0.15) is 17.2 Å². The molecule has 0 aliphatic heterocycles. The minimum absolute atomic E-state index is 0.227. The summed E-state index contributed by atoms with van der Waals surface area (Å²) in [6.45, 7) is 0. The molecule has 1 unspecified atom stereocenters. The summed E-state index contributed by atoms with van der Waals surface area (Å²) >= 11 is 0. The smallest absolute Gasteiger partial charge is 0.132 e. The van der Waals surface area contributed by atoms with Crippen LogP contribution in [0.4, 0.5) is 8.78 Å². The van der Waals surface area contributed by atoms with Crippen LogP contribution >= 0.6 is 0 Å². The van der Waals surface area contributed by atoms with Gasteiger partial charge >= 0.3 is 0 Å². The van der Waals surface area contributed by atoms with Crippen molar-refractivity contribution in [3.63, 3.8) is 0 Å². The quantitative estimate of drug-likeness (QED) is 0.781. The molecule has 0 amide bonds. The van der Waals surface area contributed by atoms with Crippen LogP contribution in [0.2, 0.25) is 0 Å². The number of aryl methyl sites for hydroxylation is 1. The van der Waals surface area contributed by atoms with Gasteiger partial charge < -0.3 is 5.11 Å². The number of aliphatic hydroxyl groups is 1. The molecule has 104 valence electrons. The van der Waals surface area contributed by atoms with E-state index < -0.39 is 17.2 Å². The molecule has 3 rings (SSSR count). The topological polar surface area (TPSA) is 20.2 Å². The molecule has 1 nitrogen and oxygen atoms in total. The van der Waals surface area contributed by atoms with Crippen molar-refractivity contribution in [2.45, 2.75) is 31.3 Å². The summed E-state index contributed by atoms with van der Waals surface area (Å²) in [7, 11) is 0. The zero-order chi connectivity index (χ0) is 14.2. The maximum atomic E-state index is 14.1. The van der Waals surface area contributed by atoms with Crippen molar-refractivity contribution in [3.05, 3.63) is 70.8 Å². The van der Waals surface area contributed by atoms with E-state index in [0.29, 0.717) is 12.0 Å². The van der Waals surface area contributed by atoms with Gasteiger partial charge in [-0.3, -0.25) is 0 Å². The number of fused-ring (bicyclic) bond motifs is 1. The Kier molecular flexibility index (Phi) is 3.30. The van der Waals surface area contributed by atoms with Crippen LogP contribution in [0, 0.1) is 11.6 Å². The Balaban J connectivity index is 2.25. The SMILES string of the molecule is OC1(c2c(F)cccc2F)CCCCc2ccccc21. The first-order valence-corrected chi connectivity index (χ1v) is 6.88. The Morgan fingerprint density at radius 1 is 0.900 bits per heavy atom. The Morgan fingerprint density at radius 3 is 2.35 bits per heavy atom. The molecular formula is C17H16F2O. The molecule has 0 heterocycles. The molecule has 1 N–H and O–H groups in total. The van der Waals surface area contributed by atoms with Crippen LogP contribution in [-0.2, 0) is 12.0 Å². The van der Waals surface area contributed by atoms with E-state index in [0.717, 1.165) is 24.8 Å². The maximum absolute atomic E-state index is 14.1. The van der Waals surface area contributed by atoms with Crippen molar-refractivity contribution in [1.82, 2.24) is 0 Å². The highest BCUT2D eigenvalue weighted by Crippen LogP contribution is 2.41. The summed E-state index contributed by atoms with van der Waals surface area (Å²) in [5.74, 6) is -1.38. The van der Waals surface area contributed by atoms with Gasteiger partial charge in [0.25, 0.3) is 0 Å². The monoisotopic (exact) mass is 274 g/mol. The highest BCUT2D eigenvalue weighted by Gasteiger charge is 2.38. The molecule has 0 bridgehead atoms. The van der Waals surface area contributed by atoms with E-state index in [1.54, 1.807) is 12.1 Å². The number of benzene rings is 2. The summed E-state index contributed by atoms with van der Waals surface area (Å²) < 4.78 is 28.2. The zero-order valence-electron chi connectivity index (χ0n) is 11.1. The van der Waals surface area contributed by atoms with Gasteiger partial charge in [0.2, 0.25) is 0 Å². The molecule has 2 aromatic carbocycles. The highest BCUT2D eigenvalue weighted by atomic mass is 19.1. The van der Waals surface area contributed by atoms with Gasteiger partial charge in [-0.15, -0.1) is 0 Å². The predicted octanol–water partition coefficient (Wildman–Crippen LogP) is 3.93. The predicted molar refractivity (Wildman–Crippen MR) is 73.4 cm³/mol. The Labute approximate surface area is 116 Å². The fourth-order valence-electron chi connectivity index (χ4n) is 3.13. The summed E-state index contributed by atoms with van der Waals surface area (Å²) in [5, 5.41) is 11.1. The van der Waals surface area contributed by atoms with E-state index in [2.05, 4.69) is 0 Å². The van der Waals surface area contributed by atoms with E-state index in [-0.39, 0.29) is 5.56 Å². The van der Waals surface area contributed by atoms with Gasteiger partial charge in [-0.05, 0) is 48.9 Å². The average molecular weight is 274 g/mol. The number of rotatable bonds is 1. The lowest BCUT2D eigenvalue weighted by Gasteiger charge is -2.30. The van der Waals surface area contributed by atoms with Gasteiger partial charge in [0.05, 0.1) is 5.56 Å². The molecule has 1 aliphatic rings. The van der Waals surface area contributed by atoms with Gasteiger partial charge in [0, 0.05) is 0 Å². The summed E-state index contributed by atoms with van der Waals surface area (Å²) in [5.41, 5.74) is -0.214. The zero-order valence-corrected chi connectivity index (χ0v) is 11.1. The van der Waals surface area contributed by atoms with Crippen LogP contribution in [0.1, 0.15) is 36.0 Å². The number of hydrogen-bond donors (Lipinski definition) is 1. The van der Waals surface area contributed by atoms with Gasteiger partial charge in [-0.25, -0.2) is 8.78 Å². The van der Waals surface area contributed by atoms with Crippen LogP contribution in [0.5, 0.6) is 0 Å². The minimum atomic E-state index is -1.58. The van der Waals surface area contributed by atoms with E-state index in [1.165, 1.54) is 18.2 Å². The molecule has 3 heteroatoms. The molecule has 1 atom stereocenters. The number of halogens is 2. The fourth-order valence-corrected chi connectivity index (χ4v) is 3.13. The first-order valence-electron chi connectivity index (χ1n) is 6.88. The molecule has 0 radical (unpaired) electrons. The van der Waals surface area contributed by atoms with Crippen molar-refractivity contribution >= 4 is 0 Å². The van der Waals surface area contributed by atoms with Gasteiger partial charge in [-0.1, -0.05) is 30.3 Å². The first-order chi connectivity index (χ1) is 9.63. The second-order valence-corrected chi connectivity index (χ2v) is 5.32. The van der Waals surface area contributed by atoms with Crippen LogP contribution in [0.15, 0.2) is 42.5 Å². The summed E-state index contributed by atoms with van der Waals surface area (Å²) in [6.07, 6.45) is 2.81. The van der Waals surface area contributed by atoms with E-state index in [1.807, 2.05) is 12.1 Å². The third kappa shape index (κ3) is 2.02. The van der Waals surface area contributed by atoms with Gasteiger partial charge in [0.15, 0.2) is 0 Å². The Morgan fingerprint density at radius 2 is 1.60 bits per heavy atom. The lowest BCUT2D eigenvalue weighted by atomic mass is 9.81. The second-order valence-electron chi connectivity index (χ2n) is 5.32. The van der Waals surface area contributed by atoms with E-state index in [9.17, 15) is 13.9 Å². The van der Waals surface area contributed by atoms with E-state index >= 15 is 0 Å². The molecule has 0 saturated carbocycles. The van der Waals surface area contributed by atoms with Crippen LogP contribution in [-0.4, -0.2) is 5.11 Å².